The highest BCUT2D eigenvalue weighted by Crippen LogP contribution is 2.24. The molecule has 0 bridgehead atoms. The van der Waals surface area contributed by atoms with Crippen molar-refractivity contribution in [3.63, 3.8) is 0 Å². The minimum Gasteiger partial charge on any atom is -0.293 e. The monoisotopic (exact) mass is 437 g/mol. The number of thioether (sulfide) groups is 1. The number of anilines is 1. The van der Waals surface area contributed by atoms with E-state index in [0.29, 0.717) is 10.4 Å². The van der Waals surface area contributed by atoms with Gasteiger partial charge in [0.2, 0.25) is 11.9 Å². The van der Waals surface area contributed by atoms with E-state index in [4.69, 9.17) is 0 Å². The number of fused-ring (bicyclic) bond motifs is 1. The van der Waals surface area contributed by atoms with Crippen LogP contribution in [0.3, 0.4) is 0 Å². The SMILES string of the molecule is CSc1nn(CC(=O)Nc2ncc(P)cn2)c(=O)c2ccc(Br)cc12. The molecule has 3 aromatic rings. The van der Waals surface area contributed by atoms with Crippen molar-refractivity contribution in [2.24, 2.45) is 0 Å². The van der Waals surface area contributed by atoms with E-state index < -0.39 is 5.91 Å². The van der Waals surface area contributed by atoms with E-state index in [1.54, 1.807) is 24.5 Å². The van der Waals surface area contributed by atoms with Crippen LogP contribution >= 0.6 is 36.9 Å². The predicted molar refractivity (Wildman–Crippen MR) is 105 cm³/mol. The molecule has 7 nitrogen and oxygen atoms in total. The first-order valence-electron chi connectivity index (χ1n) is 7.09. The van der Waals surface area contributed by atoms with Crippen LogP contribution in [0.4, 0.5) is 5.95 Å². The molecule has 2 heterocycles. The average molecular weight is 438 g/mol. The number of hydrogen-bond acceptors (Lipinski definition) is 6. The Morgan fingerprint density at radius 3 is 2.72 bits per heavy atom. The number of nitrogens with zero attached hydrogens (tertiary/aromatic N) is 4. The van der Waals surface area contributed by atoms with Crippen molar-refractivity contribution in [1.82, 2.24) is 19.7 Å². The molecule has 0 fully saturated rings. The Hall–Kier alpha value is -1.83. The third-order valence-electron chi connectivity index (χ3n) is 3.30. The minimum absolute atomic E-state index is 0.180. The Morgan fingerprint density at radius 1 is 1.32 bits per heavy atom. The summed E-state index contributed by atoms with van der Waals surface area (Å²) in [6.07, 6.45) is 5.00. The quantitative estimate of drug-likeness (QED) is 0.494. The van der Waals surface area contributed by atoms with Gasteiger partial charge in [0.15, 0.2) is 0 Å². The molecule has 0 spiro atoms. The lowest BCUT2D eigenvalue weighted by molar-refractivity contribution is -0.117. The number of nitrogens with one attached hydrogen (secondary N) is 1. The molecule has 0 aliphatic heterocycles. The number of benzene rings is 1. The van der Waals surface area contributed by atoms with Crippen molar-refractivity contribution in [3.05, 3.63) is 45.4 Å². The Kier molecular flexibility index (Phi) is 5.46. The molecule has 3 rings (SSSR count). The fourth-order valence-electron chi connectivity index (χ4n) is 2.19. The molecule has 1 atom stereocenters. The van der Waals surface area contributed by atoms with Crippen molar-refractivity contribution < 1.29 is 4.79 Å². The van der Waals surface area contributed by atoms with Crippen molar-refractivity contribution >= 4 is 64.9 Å². The highest BCUT2D eigenvalue weighted by molar-refractivity contribution is 9.10. The number of amides is 1. The molecule has 1 aromatic carbocycles. The summed E-state index contributed by atoms with van der Waals surface area (Å²) in [5.74, 6) is -0.242. The third-order valence-corrected chi connectivity index (χ3v) is 4.78. The molecule has 1 N–H and O–H groups in total. The zero-order valence-electron chi connectivity index (χ0n) is 13.1. The number of hydrogen-bond donors (Lipinski definition) is 1. The van der Waals surface area contributed by atoms with E-state index in [0.717, 1.165) is 19.8 Å². The summed E-state index contributed by atoms with van der Waals surface area (Å²) in [6.45, 7) is -0.218. The van der Waals surface area contributed by atoms with Gasteiger partial charge in [-0.05, 0) is 24.5 Å². The number of rotatable bonds is 4. The number of carbonyl (C=O) groups is 1. The fraction of sp³-hybridized carbons (Fsp3) is 0.133. The molecule has 0 saturated heterocycles. The van der Waals surface area contributed by atoms with Gasteiger partial charge in [0, 0.05) is 27.6 Å². The molecule has 0 aliphatic rings. The summed E-state index contributed by atoms with van der Waals surface area (Å²) < 4.78 is 2.02. The second-order valence-electron chi connectivity index (χ2n) is 5.05. The molecular formula is C15H13BrN5O2PS. The Morgan fingerprint density at radius 2 is 2.04 bits per heavy atom. The summed E-state index contributed by atoms with van der Waals surface area (Å²) in [5, 5.41) is 9.60. The fourth-order valence-corrected chi connectivity index (χ4v) is 3.27. The van der Waals surface area contributed by atoms with Gasteiger partial charge in [-0.2, -0.15) is 5.10 Å². The van der Waals surface area contributed by atoms with E-state index >= 15 is 0 Å². The van der Waals surface area contributed by atoms with Crippen LogP contribution in [0.2, 0.25) is 0 Å². The summed E-state index contributed by atoms with van der Waals surface area (Å²) in [6, 6.07) is 5.35. The van der Waals surface area contributed by atoms with E-state index in [2.05, 4.69) is 45.6 Å². The molecule has 128 valence electrons. The maximum Gasteiger partial charge on any atom is 0.275 e. The van der Waals surface area contributed by atoms with Crippen LogP contribution in [0, 0.1) is 0 Å². The van der Waals surface area contributed by atoms with Gasteiger partial charge in [0.25, 0.3) is 5.56 Å². The van der Waals surface area contributed by atoms with Crippen molar-refractivity contribution in [2.75, 3.05) is 11.6 Å². The summed E-state index contributed by atoms with van der Waals surface area (Å²) in [4.78, 5) is 32.8. The number of halogens is 1. The maximum atomic E-state index is 12.6. The normalized spacial score (nSPS) is 10.8. The summed E-state index contributed by atoms with van der Waals surface area (Å²) >= 11 is 4.81. The number of aromatic nitrogens is 4. The predicted octanol–water partition coefficient (Wildman–Crippen LogP) is 1.81. The van der Waals surface area contributed by atoms with Crippen LogP contribution in [0.25, 0.3) is 10.8 Å². The second kappa shape index (κ2) is 7.59. The highest BCUT2D eigenvalue weighted by atomic mass is 79.9. The van der Waals surface area contributed by atoms with Gasteiger partial charge in [-0.25, -0.2) is 14.6 Å². The van der Waals surface area contributed by atoms with Gasteiger partial charge in [0.1, 0.15) is 11.6 Å². The first-order chi connectivity index (χ1) is 12.0. The molecule has 0 aliphatic carbocycles. The van der Waals surface area contributed by atoms with Crippen molar-refractivity contribution in [2.45, 2.75) is 11.6 Å². The molecule has 10 heteroatoms. The minimum atomic E-state index is -0.422. The lowest BCUT2D eigenvalue weighted by Crippen LogP contribution is -2.30. The molecule has 1 unspecified atom stereocenters. The average Bonchev–Trinajstić information content (AvgIpc) is 2.59. The van der Waals surface area contributed by atoms with Crippen molar-refractivity contribution in [3.8, 4) is 0 Å². The second-order valence-corrected chi connectivity index (χ2v) is 7.43. The summed E-state index contributed by atoms with van der Waals surface area (Å²) in [5.41, 5.74) is -0.323. The van der Waals surface area contributed by atoms with Crippen LogP contribution in [-0.4, -0.2) is 31.9 Å². The van der Waals surface area contributed by atoms with Crippen LogP contribution in [0.1, 0.15) is 0 Å². The van der Waals surface area contributed by atoms with Gasteiger partial charge in [-0.15, -0.1) is 21.0 Å². The van der Waals surface area contributed by atoms with Crippen LogP contribution in [0.15, 0.2) is 44.9 Å². The highest BCUT2D eigenvalue weighted by Gasteiger charge is 2.13. The molecular weight excluding hydrogens is 425 g/mol. The van der Waals surface area contributed by atoms with Gasteiger partial charge in [0.05, 0.1) is 5.39 Å². The van der Waals surface area contributed by atoms with E-state index in [9.17, 15) is 9.59 Å². The zero-order chi connectivity index (χ0) is 18.0. The topological polar surface area (TPSA) is 89.8 Å². The third kappa shape index (κ3) is 4.05. The summed E-state index contributed by atoms with van der Waals surface area (Å²) in [7, 11) is 2.46. The van der Waals surface area contributed by atoms with E-state index in [1.165, 1.54) is 11.8 Å². The van der Waals surface area contributed by atoms with Gasteiger partial charge in [-0.3, -0.25) is 14.9 Å². The maximum absolute atomic E-state index is 12.6. The van der Waals surface area contributed by atoms with Crippen LogP contribution < -0.4 is 16.2 Å². The molecule has 1 amide bonds. The first kappa shape index (κ1) is 18.0. The van der Waals surface area contributed by atoms with E-state index in [1.807, 2.05) is 12.3 Å². The number of carbonyl (C=O) groups excluding carboxylic acids is 1. The Labute approximate surface area is 158 Å². The lowest BCUT2D eigenvalue weighted by atomic mass is 10.2. The van der Waals surface area contributed by atoms with Gasteiger partial charge in [-0.1, -0.05) is 15.9 Å². The molecule has 2 aromatic heterocycles. The van der Waals surface area contributed by atoms with Crippen molar-refractivity contribution in [1.29, 1.82) is 0 Å². The lowest BCUT2D eigenvalue weighted by Gasteiger charge is -2.10. The molecule has 25 heavy (non-hydrogen) atoms. The van der Waals surface area contributed by atoms with Gasteiger partial charge < -0.3 is 0 Å². The smallest absolute Gasteiger partial charge is 0.275 e. The van der Waals surface area contributed by atoms with Gasteiger partial charge >= 0.3 is 0 Å². The van der Waals surface area contributed by atoms with Crippen LogP contribution in [-0.2, 0) is 11.3 Å². The standard InChI is InChI=1S/C15H13BrN5O2PS/c1-25-13-11-4-8(16)2-3-10(11)14(23)21(20-13)7-12(22)19-15-17-5-9(24)6-18-15/h2-6H,7,24H2,1H3,(H,17,18,19,22). The molecule has 0 radical (unpaired) electrons. The Balaban J connectivity index is 1.91. The largest absolute Gasteiger partial charge is 0.293 e. The first-order valence-corrected chi connectivity index (χ1v) is 9.69. The van der Waals surface area contributed by atoms with E-state index in [-0.39, 0.29) is 18.1 Å². The molecule has 0 saturated carbocycles. The zero-order valence-corrected chi connectivity index (χ0v) is 16.6. The van der Waals surface area contributed by atoms with Crippen LogP contribution in [0.5, 0.6) is 0 Å². The Bertz CT molecular complexity index is 1010.